The maximum absolute atomic E-state index is 2.44. The fourth-order valence-corrected chi connectivity index (χ4v) is 1.60. The second-order valence-corrected chi connectivity index (χ2v) is 3.38. The summed E-state index contributed by atoms with van der Waals surface area (Å²) in [5, 5.41) is 0. The van der Waals surface area contributed by atoms with Crippen molar-refractivity contribution in [1.29, 1.82) is 0 Å². The van der Waals surface area contributed by atoms with Crippen molar-refractivity contribution in [3.63, 3.8) is 0 Å². The minimum absolute atomic E-state index is 0.991. The highest BCUT2D eigenvalue weighted by Gasteiger charge is 2.48. The van der Waals surface area contributed by atoms with Crippen molar-refractivity contribution >= 4 is 0 Å². The van der Waals surface area contributed by atoms with Crippen LogP contribution in [0.5, 0.6) is 0 Å². The molecule has 2 rings (SSSR count). The maximum Gasteiger partial charge on any atom is 0.0251 e. The molecular formula is C7H13N. The number of likely N-dealkylation sites (N-methyl/N-ethyl adjacent to an activating group) is 1. The lowest BCUT2D eigenvalue weighted by atomic mass is 10.3. The monoisotopic (exact) mass is 111 g/mol. The van der Waals surface area contributed by atoms with Crippen LogP contribution in [-0.4, -0.2) is 24.5 Å². The zero-order chi connectivity index (χ0) is 5.72. The number of hydrogen-bond donors (Lipinski definition) is 0. The van der Waals surface area contributed by atoms with Gasteiger partial charge in [-0.3, -0.25) is 0 Å². The Bertz CT molecular complexity index is 97.0. The van der Waals surface area contributed by atoms with Crippen molar-refractivity contribution in [1.82, 2.24) is 4.90 Å². The first-order valence-electron chi connectivity index (χ1n) is 3.49. The van der Waals surface area contributed by atoms with Gasteiger partial charge < -0.3 is 4.90 Å². The van der Waals surface area contributed by atoms with Crippen LogP contribution in [0.15, 0.2) is 0 Å². The van der Waals surface area contributed by atoms with Crippen LogP contribution in [0.1, 0.15) is 13.3 Å². The molecule has 0 aromatic carbocycles. The van der Waals surface area contributed by atoms with Gasteiger partial charge in [0.25, 0.3) is 0 Å². The molecule has 0 bridgehead atoms. The molecule has 2 fully saturated rings. The van der Waals surface area contributed by atoms with E-state index in [0.29, 0.717) is 0 Å². The summed E-state index contributed by atoms with van der Waals surface area (Å²) in [7, 11) is 2.22. The van der Waals surface area contributed by atoms with E-state index < -0.39 is 0 Å². The molecule has 0 radical (unpaired) electrons. The summed E-state index contributed by atoms with van der Waals surface area (Å²) in [6.07, 6.45) is 1.50. The van der Waals surface area contributed by atoms with Gasteiger partial charge in [-0.15, -0.1) is 0 Å². The lowest BCUT2D eigenvalue weighted by Crippen LogP contribution is -1.96. The zero-order valence-electron chi connectivity index (χ0n) is 5.59. The van der Waals surface area contributed by atoms with E-state index in [2.05, 4.69) is 18.9 Å². The van der Waals surface area contributed by atoms with Crippen molar-refractivity contribution in [2.24, 2.45) is 11.8 Å². The van der Waals surface area contributed by atoms with Gasteiger partial charge in [0, 0.05) is 12.6 Å². The van der Waals surface area contributed by atoms with E-state index in [1.165, 1.54) is 13.0 Å². The third kappa shape index (κ3) is 0.576. The van der Waals surface area contributed by atoms with Crippen molar-refractivity contribution in [2.45, 2.75) is 19.4 Å². The molecule has 0 spiro atoms. The Kier molecular flexibility index (Phi) is 0.762. The Morgan fingerprint density at radius 2 is 2.00 bits per heavy atom. The highest BCUT2D eigenvalue weighted by atomic mass is 15.3. The van der Waals surface area contributed by atoms with Gasteiger partial charge >= 0.3 is 0 Å². The van der Waals surface area contributed by atoms with E-state index in [4.69, 9.17) is 0 Å². The lowest BCUT2D eigenvalue weighted by Gasteiger charge is -1.89. The van der Waals surface area contributed by atoms with Crippen molar-refractivity contribution in [3.05, 3.63) is 0 Å². The van der Waals surface area contributed by atoms with Crippen LogP contribution >= 0.6 is 0 Å². The molecule has 4 unspecified atom stereocenters. The van der Waals surface area contributed by atoms with Crippen molar-refractivity contribution < 1.29 is 0 Å². The van der Waals surface area contributed by atoms with Gasteiger partial charge in [-0.25, -0.2) is 0 Å². The lowest BCUT2D eigenvalue weighted by molar-refractivity contribution is 0.557. The molecule has 0 aromatic heterocycles. The topological polar surface area (TPSA) is 3.01 Å². The fraction of sp³-hybridized carbons (Fsp3) is 1.00. The number of hydrogen-bond acceptors (Lipinski definition) is 1. The van der Waals surface area contributed by atoms with Crippen LogP contribution in [0, 0.1) is 11.8 Å². The SMILES string of the molecule is CC1CC1C1CN1C. The molecule has 0 aromatic rings. The summed E-state index contributed by atoms with van der Waals surface area (Å²) >= 11 is 0. The standard InChI is InChI=1S/C7H13N/c1-5-3-6(5)7-4-8(7)2/h5-7H,3-4H2,1-2H3. The third-order valence-electron chi connectivity index (χ3n) is 2.57. The van der Waals surface area contributed by atoms with Gasteiger partial charge in [-0.05, 0) is 25.3 Å². The van der Waals surface area contributed by atoms with Gasteiger partial charge in [0.1, 0.15) is 0 Å². The normalized spacial score (nSPS) is 60.8. The molecule has 46 valence electrons. The van der Waals surface area contributed by atoms with Crippen molar-refractivity contribution in [2.75, 3.05) is 13.6 Å². The Hall–Kier alpha value is -0.0400. The Balaban J connectivity index is 1.86. The largest absolute Gasteiger partial charge is 0.300 e. The molecule has 2 aliphatic rings. The van der Waals surface area contributed by atoms with Gasteiger partial charge in [0.2, 0.25) is 0 Å². The molecule has 4 atom stereocenters. The number of rotatable bonds is 1. The second-order valence-electron chi connectivity index (χ2n) is 3.38. The average Bonchev–Trinajstić information content (AvgIpc) is 2.47. The summed E-state index contributed by atoms with van der Waals surface area (Å²) in [6, 6.07) is 0.991. The highest BCUT2D eigenvalue weighted by Crippen LogP contribution is 2.46. The predicted octanol–water partition coefficient (Wildman–Crippen LogP) is 0.956. The molecule has 1 heteroatoms. The first kappa shape index (κ1) is 4.80. The molecule has 0 amide bonds. The molecule has 1 saturated heterocycles. The molecule has 1 saturated carbocycles. The third-order valence-corrected chi connectivity index (χ3v) is 2.57. The average molecular weight is 111 g/mol. The molecule has 1 nitrogen and oxygen atoms in total. The zero-order valence-corrected chi connectivity index (χ0v) is 5.59. The molecular weight excluding hydrogens is 98.1 g/mol. The number of nitrogens with zero attached hydrogens (tertiary/aromatic N) is 1. The Morgan fingerprint density at radius 1 is 1.50 bits per heavy atom. The first-order valence-corrected chi connectivity index (χ1v) is 3.49. The van der Waals surface area contributed by atoms with Crippen LogP contribution in [0.3, 0.4) is 0 Å². The van der Waals surface area contributed by atoms with E-state index in [0.717, 1.165) is 17.9 Å². The van der Waals surface area contributed by atoms with E-state index in [-0.39, 0.29) is 0 Å². The quantitative estimate of drug-likeness (QED) is 0.455. The molecule has 1 heterocycles. The van der Waals surface area contributed by atoms with E-state index >= 15 is 0 Å². The molecule has 8 heavy (non-hydrogen) atoms. The minimum atomic E-state index is 0.991. The van der Waals surface area contributed by atoms with E-state index in [1.54, 1.807) is 0 Å². The predicted molar refractivity (Wildman–Crippen MR) is 33.7 cm³/mol. The first-order chi connectivity index (χ1) is 3.79. The Labute approximate surface area is 50.7 Å². The highest BCUT2D eigenvalue weighted by molar-refractivity contribution is 5.01. The molecule has 1 aliphatic heterocycles. The van der Waals surface area contributed by atoms with Crippen LogP contribution in [0.2, 0.25) is 0 Å². The van der Waals surface area contributed by atoms with Crippen LogP contribution in [0.25, 0.3) is 0 Å². The van der Waals surface area contributed by atoms with Crippen molar-refractivity contribution in [3.8, 4) is 0 Å². The van der Waals surface area contributed by atoms with Gasteiger partial charge in [0.15, 0.2) is 0 Å². The van der Waals surface area contributed by atoms with Gasteiger partial charge in [-0.2, -0.15) is 0 Å². The summed E-state index contributed by atoms with van der Waals surface area (Å²) in [4.78, 5) is 2.44. The van der Waals surface area contributed by atoms with Gasteiger partial charge in [0.05, 0.1) is 0 Å². The van der Waals surface area contributed by atoms with Crippen LogP contribution in [0.4, 0.5) is 0 Å². The van der Waals surface area contributed by atoms with E-state index in [9.17, 15) is 0 Å². The molecule has 0 N–H and O–H groups in total. The van der Waals surface area contributed by atoms with Gasteiger partial charge in [-0.1, -0.05) is 6.92 Å². The Morgan fingerprint density at radius 3 is 2.12 bits per heavy atom. The molecule has 1 aliphatic carbocycles. The summed E-state index contributed by atoms with van der Waals surface area (Å²) in [6.45, 7) is 3.73. The summed E-state index contributed by atoms with van der Waals surface area (Å²) < 4.78 is 0. The smallest absolute Gasteiger partial charge is 0.0251 e. The summed E-state index contributed by atoms with van der Waals surface area (Å²) in [5.41, 5.74) is 0. The van der Waals surface area contributed by atoms with Crippen LogP contribution in [-0.2, 0) is 0 Å². The van der Waals surface area contributed by atoms with Crippen LogP contribution < -0.4 is 0 Å². The second kappa shape index (κ2) is 1.27. The maximum atomic E-state index is 2.44. The summed E-state index contributed by atoms with van der Waals surface area (Å²) in [5.74, 6) is 2.13. The van der Waals surface area contributed by atoms with E-state index in [1.807, 2.05) is 0 Å². The minimum Gasteiger partial charge on any atom is -0.300 e. The fourth-order valence-electron chi connectivity index (χ4n) is 1.60.